The molecule has 1 aliphatic carbocycles. The average Bonchev–Trinajstić information content (AvgIpc) is 3.30. The molecule has 0 bridgehead atoms. The van der Waals surface area contributed by atoms with Crippen molar-refractivity contribution in [3.05, 3.63) is 35.9 Å². The van der Waals surface area contributed by atoms with E-state index in [4.69, 9.17) is 9.47 Å². The van der Waals surface area contributed by atoms with Crippen molar-refractivity contribution in [2.24, 2.45) is 5.41 Å². The number of esters is 1. The maximum Gasteiger partial charge on any atom is 0.411 e. The van der Waals surface area contributed by atoms with E-state index < -0.39 is 17.7 Å². The van der Waals surface area contributed by atoms with Crippen LogP contribution in [0.25, 0.3) is 0 Å². The Morgan fingerprint density at radius 1 is 1.16 bits per heavy atom. The van der Waals surface area contributed by atoms with Gasteiger partial charge in [0.2, 0.25) is 0 Å². The second kappa shape index (κ2) is 6.70. The van der Waals surface area contributed by atoms with Crippen molar-refractivity contribution in [1.82, 2.24) is 4.90 Å². The van der Waals surface area contributed by atoms with Gasteiger partial charge in [-0.25, -0.2) is 9.59 Å². The molecule has 1 saturated carbocycles. The average molecular weight is 345 g/mol. The van der Waals surface area contributed by atoms with Crippen LogP contribution in [0.4, 0.5) is 4.79 Å². The van der Waals surface area contributed by atoms with Gasteiger partial charge >= 0.3 is 12.1 Å². The third kappa shape index (κ3) is 4.53. The first-order valence-corrected chi connectivity index (χ1v) is 8.98. The van der Waals surface area contributed by atoms with E-state index in [1.165, 1.54) is 0 Å². The number of likely N-dealkylation sites (tertiary alicyclic amines) is 1. The van der Waals surface area contributed by atoms with E-state index in [0.717, 1.165) is 24.8 Å². The maximum absolute atomic E-state index is 12.7. The Bertz CT molecular complexity index is 631. The van der Waals surface area contributed by atoms with Crippen molar-refractivity contribution >= 4 is 12.1 Å². The molecule has 1 aliphatic heterocycles. The molecule has 1 spiro atoms. The monoisotopic (exact) mass is 345 g/mol. The first kappa shape index (κ1) is 17.8. The summed E-state index contributed by atoms with van der Waals surface area (Å²) in [5.74, 6) is -0.333. The van der Waals surface area contributed by atoms with Gasteiger partial charge in [-0.05, 0) is 57.4 Å². The van der Waals surface area contributed by atoms with Gasteiger partial charge in [-0.15, -0.1) is 0 Å². The van der Waals surface area contributed by atoms with Crippen LogP contribution in [0.3, 0.4) is 0 Å². The van der Waals surface area contributed by atoms with Gasteiger partial charge in [0.1, 0.15) is 18.2 Å². The second-order valence-corrected chi connectivity index (χ2v) is 8.24. The van der Waals surface area contributed by atoms with Gasteiger partial charge in [-0.2, -0.15) is 0 Å². The summed E-state index contributed by atoms with van der Waals surface area (Å²) in [5.41, 5.74) is 0.593. The summed E-state index contributed by atoms with van der Waals surface area (Å²) >= 11 is 0. The molecule has 2 fully saturated rings. The van der Waals surface area contributed by atoms with Gasteiger partial charge in [-0.1, -0.05) is 30.3 Å². The summed E-state index contributed by atoms with van der Waals surface area (Å²) < 4.78 is 11.0. The number of ether oxygens (including phenoxy) is 2. The predicted octanol–water partition coefficient (Wildman–Crippen LogP) is 3.91. The Hall–Kier alpha value is -2.04. The van der Waals surface area contributed by atoms with Crippen molar-refractivity contribution in [2.75, 3.05) is 6.54 Å². The fraction of sp³-hybridized carbons (Fsp3) is 0.600. The molecule has 0 N–H and O–H groups in total. The van der Waals surface area contributed by atoms with Gasteiger partial charge < -0.3 is 9.47 Å². The number of amides is 1. The van der Waals surface area contributed by atoms with Crippen LogP contribution in [0, 0.1) is 5.41 Å². The lowest BCUT2D eigenvalue weighted by molar-refractivity contribution is -0.153. The summed E-state index contributed by atoms with van der Waals surface area (Å²) in [4.78, 5) is 26.8. The van der Waals surface area contributed by atoms with E-state index in [9.17, 15) is 9.59 Å². The van der Waals surface area contributed by atoms with Crippen molar-refractivity contribution in [2.45, 2.75) is 64.7 Å². The van der Waals surface area contributed by atoms with E-state index in [-0.39, 0.29) is 18.0 Å². The Morgan fingerprint density at radius 3 is 2.44 bits per heavy atom. The molecule has 1 aromatic carbocycles. The van der Waals surface area contributed by atoms with Crippen LogP contribution in [0.2, 0.25) is 0 Å². The zero-order chi connectivity index (χ0) is 18.1. The zero-order valence-electron chi connectivity index (χ0n) is 15.3. The minimum atomic E-state index is -0.579. The third-order valence-corrected chi connectivity index (χ3v) is 4.97. The van der Waals surface area contributed by atoms with Crippen molar-refractivity contribution in [3.63, 3.8) is 0 Å². The van der Waals surface area contributed by atoms with Crippen LogP contribution in [-0.4, -0.2) is 35.2 Å². The highest BCUT2D eigenvalue weighted by Crippen LogP contribution is 2.55. The molecule has 5 heteroatoms. The molecule has 1 saturated heterocycles. The predicted molar refractivity (Wildman–Crippen MR) is 93.9 cm³/mol. The van der Waals surface area contributed by atoms with Gasteiger partial charge in [0.05, 0.1) is 0 Å². The van der Waals surface area contributed by atoms with Crippen LogP contribution in [-0.2, 0) is 20.9 Å². The van der Waals surface area contributed by atoms with Gasteiger partial charge in [-0.3, -0.25) is 4.90 Å². The van der Waals surface area contributed by atoms with Crippen molar-refractivity contribution in [3.8, 4) is 0 Å². The number of rotatable bonds is 3. The van der Waals surface area contributed by atoms with E-state index in [1.54, 1.807) is 4.90 Å². The SMILES string of the molecule is CC(C)(C)OC(=O)N1CCC2(CC2)CC1C(=O)OCc1ccccc1. The molecule has 0 aromatic heterocycles. The summed E-state index contributed by atoms with van der Waals surface area (Å²) in [7, 11) is 0. The largest absolute Gasteiger partial charge is 0.459 e. The molecule has 1 atom stereocenters. The number of benzene rings is 1. The van der Waals surface area contributed by atoms with Gasteiger partial charge in [0, 0.05) is 6.54 Å². The smallest absolute Gasteiger partial charge is 0.411 e. The number of piperidine rings is 1. The quantitative estimate of drug-likeness (QED) is 0.780. The molecular weight excluding hydrogens is 318 g/mol. The molecule has 1 unspecified atom stereocenters. The molecular formula is C20H27NO4. The second-order valence-electron chi connectivity index (χ2n) is 8.24. The highest BCUT2D eigenvalue weighted by molar-refractivity contribution is 5.82. The van der Waals surface area contributed by atoms with Crippen LogP contribution < -0.4 is 0 Å². The normalized spacial score (nSPS) is 21.7. The Kier molecular flexibility index (Phi) is 4.76. The molecule has 1 amide bonds. The minimum absolute atomic E-state index is 0.228. The van der Waals surface area contributed by atoms with E-state index in [0.29, 0.717) is 13.0 Å². The standard InChI is InChI=1S/C20H27NO4/c1-19(2,3)25-18(23)21-12-11-20(9-10-20)13-16(21)17(22)24-14-15-7-5-4-6-8-15/h4-8,16H,9-14H2,1-3H3. The molecule has 1 aromatic rings. The van der Waals surface area contributed by atoms with Crippen molar-refractivity contribution < 1.29 is 19.1 Å². The lowest BCUT2D eigenvalue weighted by atomic mass is 9.88. The molecule has 2 aliphatic rings. The van der Waals surface area contributed by atoms with Crippen LogP contribution >= 0.6 is 0 Å². The van der Waals surface area contributed by atoms with E-state index in [1.807, 2.05) is 51.1 Å². The third-order valence-electron chi connectivity index (χ3n) is 4.97. The molecule has 1 heterocycles. The lowest BCUT2D eigenvalue weighted by Gasteiger charge is -2.38. The van der Waals surface area contributed by atoms with Gasteiger partial charge in [0.15, 0.2) is 0 Å². The number of carbonyl (C=O) groups excluding carboxylic acids is 2. The Balaban J connectivity index is 1.67. The highest BCUT2D eigenvalue weighted by atomic mass is 16.6. The zero-order valence-corrected chi connectivity index (χ0v) is 15.3. The van der Waals surface area contributed by atoms with E-state index in [2.05, 4.69) is 0 Å². The van der Waals surface area contributed by atoms with Crippen LogP contribution in [0.5, 0.6) is 0 Å². The number of carbonyl (C=O) groups is 2. The van der Waals surface area contributed by atoms with Gasteiger partial charge in [0.25, 0.3) is 0 Å². The topological polar surface area (TPSA) is 55.8 Å². The molecule has 5 nitrogen and oxygen atoms in total. The first-order valence-electron chi connectivity index (χ1n) is 8.98. The number of hydrogen-bond donors (Lipinski definition) is 0. The summed E-state index contributed by atoms with van der Waals surface area (Å²) in [6.45, 7) is 6.28. The number of nitrogens with zero attached hydrogens (tertiary/aromatic N) is 1. The molecule has 25 heavy (non-hydrogen) atoms. The Morgan fingerprint density at radius 2 is 1.84 bits per heavy atom. The fourth-order valence-electron chi connectivity index (χ4n) is 3.34. The Labute approximate surface area is 149 Å². The summed E-state index contributed by atoms with van der Waals surface area (Å²) in [6, 6.07) is 9.04. The lowest BCUT2D eigenvalue weighted by Crippen LogP contribution is -2.52. The highest BCUT2D eigenvalue weighted by Gasteiger charge is 2.52. The summed E-state index contributed by atoms with van der Waals surface area (Å²) in [6.07, 6.45) is 3.47. The first-order chi connectivity index (χ1) is 11.8. The van der Waals surface area contributed by atoms with Crippen LogP contribution in [0.1, 0.15) is 52.0 Å². The van der Waals surface area contributed by atoms with Crippen LogP contribution in [0.15, 0.2) is 30.3 Å². The van der Waals surface area contributed by atoms with E-state index >= 15 is 0 Å². The maximum atomic E-state index is 12.7. The minimum Gasteiger partial charge on any atom is -0.459 e. The molecule has 3 rings (SSSR count). The molecule has 0 radical (unpaired) electrons. The summed E-state index contributed by atoms with van der Waals surface area (Å²) in [5, 5.41) is 0. The fourth-order valence-corrected chi connectivity index (χ4v) is 3.34. The molecule has 136 valence electrons. The number of hydrogen-bond acceptors (Lipinski definition) is 4. The van der Waals surface area contributed by atoms with Crippen molar-refractivity contribution in [1.29, 1.82) is 0 Å².